The van der Waals surface area contributed by atoms with E-state index in [2.05, 4.69) is 69.7 Å². The zero-order valence-corrected chi connectivity index (χ0v) is 20.6. The van der Waals surface area contributed by atoms with Crippen LogP contribution in [-0.4, -0.2) is 59.5 Å². The minimum Gasteiger partial charge on any atom is -0.354 e. The highest BCUT2D eigenvalue weighted by Gasteiger charge is 2.38. The van der Waals surface area contributed by atoms with Crippen LogP contribution in [0.25, 0.3) is 0 Å². The van der Waals surface area contributed by atoms with Crippen molar-refractivity contribution in [2.75, 3.05) is 39.3 Å². The lowest BCUT2D eigenvalue weighted by molar-refractivity contribution is -0.131. The van der Waals surface area contributed by atoms with Crippen LogP contribution in [-0.2, 0) is 11.3 Å². The smallest absolute Gasteiger partial charge is 0.250 e. The van der Waals surface area contributed by atoms with Gasteiger partial charge < -0.3 is 14.8 Å². The van der Waals surface area contributed by atoms with Gasteiger partial charge in [-0.2, -0.15) is 0 Å². The van der Waals surface area contributed by atoms with E-state index in [0.717, 1.165) is 45.7 Å². The first-order valence-electron chi connectivity index (χ1n) is 13.2. The van der Waals surface area contributed by atoms with E-state index < -0.39 is 0 Å². The van der Waals surface area contributed by atoms with Gasteiger partial charge in [-0.3, -0.25) is 14.5 Å². The molecule has 3 aromatic rings. The Balaban J connectivity index is 1.01. The normalized spacial score (nSPS) is 22.1. The molecule has 2 saturated heterocycles. The van der Waals surface area contributed by atoms with Crippen LogP contribution in [0, 0.1) is 11.8 Å². The van der Waals surface area contributed by atoms with E-state index in [-0.39, 0.29) is 23.4 Å². The van der Waals surface area contributed by atoms with Crippen LogP contribution < -0.4 is 10.9 Å². The second-order valence-electron chi connectivity index (χ2n) is 10.6. The van der Waals surface area contributed by atoms with E-state index in [1.54, 1.807) is 6.07 Å². The van der Waals surface area contributed by atoms with Crippen molar-refractivity contribution in [1.82, 2.24) is 19.7 Å². The predicted octanol–water partition coefficient (Wildman–Crippen LogP) is 3.11. The summed E-state index contributed by atoms with van der Waals surface area (Å²) in [4.78, 5) is 30.0. The molecule has 3 aliphatic heterocycles. The first-order chi connectivity index (χ1) is 17.7. The number of fused-ring (bicyclic) bond motifs is 4. The number of piperidine rings is 1. The topological polar surface area (TPSA) is 57.6 Å². The molecule has 1 aromatic heterocycles. The van der Waals surface area contributed by atoms with Gasteiger partial charge in [-0.25, -0.2) is 0 Å². The van der Waals surface area contributed by atoms with Gasteiger partial charge in [0.25, 0.3) is 5.56 Å². The number of rotatable bonds is 7. The average Bonchev–Trinajstić information content (AvgIpc) is 2.87. The molecule has 6 nitrogen and oxygen atoms in total. The van der Waals surface area contributed by atoms with E-state index in [0.29, 0.717) is 18.4 Å². The Morgan fingerprint density at radius 2 is 1.53 bits per heavy atom. The lowest BCUT2D eigenvalue weighted by Crippen LogP contribution is -2.55. The maximum absolute atomic E-state index is 12.9. The molecule has 0 aliphatic carbocycles. The summed E-state index contributed by atoms with van der Waals surface area (Å²) in [5, 5.41) is 3.20. The highest BCUT2D eigenvalue weighted by atomic mass is 16.2. The van der Waals surface area contributed by atoms with Crippen LogP contribution in [0.4, 0.5) is 0 Å². The SMILES string of the molecule is O=C(NCCN1C[C@H]2C[C@@H](C1)c1cccc(=O)n1C2)C1CN(C(c2ccccc2)c2ccccc2)C1. The molecular formula is C30H34N4O2. The molecule has 2 fully saturated rings. The van der Waals surface area contributed by atoms with Crippen LogP contribution in [0.15, 0.2) is 83.7 Å². The highest BCUT2D eigenvalue weighted by Crippen LogP contribution is 2.35. The molecule has 0 radical (unpaired) electrons. The third-order valence-electron chi connectivity index (χ3n) is 8.16. The summed E-state index contributed by atoms with van der Waals surface area (Å²) in [6, 6.07) is 27.0. The third-order valence-corrected chi connectivity index (χ3v) is 8.16. The predicted molar refractivity (Wildman–Crippen MR) is 141 cm³/mol. The number of carbonyl (C=O) groups excluding carboxylic acids is 1. The second-order valence-corrected chi connectivity index (χ2v) is 10.6. The lowest BCUT2D eigenvalue weighted by Gasteiger charge is -2.44. The summed E-state index contributed by atoms with van der Waals surface area (Å²) in [5.74, 6) is 1.13. The number of hydrogen-bond donors (Lipinski definition) is 1. The van der Waals surface area contributed by atoms with Crippen molar-refractivity contribution in [1.29, 1.82) is 0 Å². The van der Waals surface area contributed by atoms with Gasteiger partial charge in [0, 0.05) is 63.5 Å². The number of nitrogens with one attached hydrogen (secondary N) is 1. The Kier molecular flexibility index (Phi) is 6.46. The summed E-state index contributed by atoms with van der Waals surface area (Å²) in [5.41, 5.74) is 3.83. The summed E-state index contributed by atoms with van der Waals surface area (Å²) in [6.07, 6.45) is 1.16. The number of carbonyl (C=O) groups is 1. The fourth-order valence-corrected chi connectivity index (χ4v) is 6.43. The zero-order valence-electron chi connectivity index (χ0n) is 20.6. The Morgan fingerprint density at radius 1 is 0.833 bits per heavy atom. The van der Waals surface area contributed by atoms with Crippen LogP contribution >= 0.6 is 0 Å². The molecule has 3 aliphatic rings. The summed E-state index contributed by atoms with van der Waals surface area (Å²) in [6.45, 7) is 5.87. The van der Waals surface area contributed by atoms with E-state index in [9.17, 15) is 9.59 Å². The van der Waals surface area contributed by atoms with Crippen LogP contribution in [0.5, 0.6) is 0 Å². The average molecular weight is 483 g/mol. The van der Waals surface area contributed by atoms with Crippen molar-refractivity contribution in [2.24, 2.45) is 11.8 Å². The van der Waals surface area contributed by atoms with Gasteiger partial charge in [-0.15, -0.1) is 0 Å². The summed E-state index contributed by atoms with van der Waals surface area (Å²) in [7, 11) is 0. The van der Waals surface area contributed by atoms with Gasteiger partial charge >= 0.3 is 0 Å². The van der Waals surface area contributed by atoms with E-state index in [1.165, 1.54) is 16.8 Å². The van der Waals surface area contributed by atoms with Crippen molar-refractivity contribution in [2.45, 2.75) is 24.9 Å². The molecule has 2 bridgehead atoms. The molecule has 6 rings (SSSR count). The quantitative estimate of drug-likeness (QED) is 0.562. The Morgan fingerprint density at radius 3 is 2.22 bits per heavy atom. The molecule has 6 heteroatoms. The maximum Gasteiger partial charge on any atom is 0.250 e. The fourth-order valence-electron chi connectivity index (χ4n) is 6.43. The van der Waals surface area contributed by atoms with Gasteiger partial charge in [0.05, 0.1) is 12.0 Å². The third kappa shape index (κ3) is 4.63. The highest BCUT2D eigenvalue weighted by molar-refractivity contribution is 5.80. The zero-order chi connectivity index (χ0) is 24.5. The largest absolute Gasteiger partial charge is 0.354 e. The monoisotopic (exact) mass is 482 g/mol. The number of amides is 1. The van der Waals surface area contributed by atoms with Crippen LogP contribution in [0.2, 0.25) is 0 Å². The molecule has 1 amide bonds. The molecular weight excluding hydrogens is 448 g/mol. The number of aromatic nitrogens is 1. The molecule has 2 aromatic carbocycles. The lowest BCUT2D eigenvalue weighted by atomic mass is 9.83. The first-order valence-corrected chi connectivity index (χ1v) is 13.2. The molecule has 0 saturated carbocycles. The molecule has 0 spiro atoms. The molecule has 186 valence electrons. The minimum atomic E-state index is 0.0411. The second kappa shape index (κ2) is 10.0. The number of hydrogen-bond acceptors (Lipinski definition) is 4. The minimum absolute atomic E-state index is 0.0411. The molecule has 4 heterocycles. The number of benzene rings is 2. The first kappa shape index (κ1) is 23.2. The number of nitrogens with zero attached hydrogens (tertiary/aromatic N) is 3. The molecule has 36 heavy (non-hydrogen) atoms. The molecule has 0 unspecified atom stereocenters. The number of likely N-dealkylation sites (tertiary alicyclic amines) is 2. The van der Waals surface area contributed by atoms with Crippen molar-refractivity contribution in [3.63, 3.8) is 0 Å². The van der Waals surface area contributed by atoms with Crippen molar-refractivity contribution in [3.8, 4) is 0 Å². The standard InChI is InChI=1S/C30H34N4O2/c35-28-13-7-12-27-25-16-22(18-34(27)28)17-32(19-25)15-14-31-30(36)26-20-33(21-26)29(23-8-3-1-4-9-23)24-10-5-2-6-11-24/h1-13,22,25-26,29H,14-21H2,(H,31,36)/t22-,25+/m1/s1. The van der Waals surface area contributed by atoms with Gasteiger partial charge in [-0.1, -0.05) is 66.7 Å². The van der Waals surface area contributed by atoms with Gasteiger partial charge in [0.15, 0.2) is 0 Å². The van der Waals surface area contributed by atoms with Gasteiger partial charge in [0.1, 0.15) is 0 Å². The fraction of sp³-hybridized carbons (Fsp3) is 0.400. The van der Waals surface area contributed by atoms with Gasteiger partial charge in [0.2, 0.25) is 5.91 Å². The van der Waals surface area contributed by atoms with Crippen LogP contribution in [0.3, 0.4) is 0 Å². The molecule has 1 N–H and O–H groups in total. The van der Waals surface area contributed by atoms with Crippen molar-refractivity contribution >= 4 is 5.91 Å². The van der Waals surface area contributed by atoms with Crippen molar-refractivity contribution in [3.05, 3.63) is 106 Å². The Bertz CT molecular complexity index is 1210. The van der Waals surface area contributed by atoms with E-state index in [1.807, 2.05) is 22.8 Å². The summed E-state index contributed by atoms with van der Waals surface area (Å²) >= 11 is 0. The number of pyridine rings is 1. The Hall–Kier alpha value is -3.22. The van der Waals surface area contributed by atoms with Crippen molar-refractivity contribution < 1.29 is 4.79 Å². The van der Waals surface area contributed by atoms with E-state index in [4.69, 9.17) is 0 Å². The molecule has 2 atom stereocenters. The van der Waals surface area contributed by atoms with Crippen LogP contribution in [0.1, 0.15) is 35.2 Å². The summed E-state index contributed by atoms with van der Waals surface area (Å²) < 4.78 is 1.97. The van der Waals surface area contributed by atoms with E-state index >= 15 is 0 Å². The Labute approximate surface area is 212 Å². The maximum atomic E-state index is 12.9. The van der Waals surface area contributed by atoms with Gasteiger partial charge in [-0.05, 0) is 29.5 Å².